The van der Waals surface area contributed by atoms with Crippen molar-refractivity contribution in [3.63, 3.8) is 0 Å². The summed E-state index contributed by atoms with van der Waals surface area (Å²) < 4.78 is 28.8. The van der Waals surface area contributed by atoms with Gasteiger partial charge >= 0.3 is 0 Å². The number of hydrogen-bond donors (Lipinski definition) is 3. The van der Waals surface area contributed by atoms with Crippen LogP contribution in [0.25, 0.3) is 11.0 Å². The standard InChI is InChI=1S/C18H20N4O3S/c1-25-16-9-12(26(2,23)24)5-6-14(16)21-17-10-15(20-11-3-4-11)13-7-8-19-18(13)22-17/h5-11H,3-4H2,1-2H3,(H3,19,20,21,22). The van der Waals surface area contributed by atoms with Crippen LogP contribution in [0.4, 0.5) is 17.2 Å². The van der Waals surface area contributed by atoms with Crippen LogP contribution in [0.15, 0.2) is 41.4 Å². The van der Waals surface area contributed by atoms with E-state index in [0.29, 0.717) is 23.3 Å². The number of nitrogens with zero attached hydrogens (tertiary/aromatic N) is 1. The number of ether oxygens (including phenoxy) is 1. The Balaban J connectivity index is 1.70. The van der Waals surface area contributed by atoms with Crippen molar-refractivity contribution in [2.75, 3.05) is 24.0 Å². The van der Waals surface area contributed by atoms with Gasteiger partial charge in [-0.1, -0.05) is 0 Å². The maximum Gasteiger partial charge on any atom is 0.175 e. The number of methoxy groups -OCH3 is 1. The minimum atomic E-state index is -3.30. The highest BCUT2D eigenvalue weighted by atomic mass is 32.2. The van der Waals surface area contributed by atoms with Gasteiger partial charge in [0.1, 0.15) is 17.2 Å². The molecule has 0 radical (unpaired) electrons. The lowest BCUT2D eigenvalue weighted by molar-refractivity contribution is 0.415. The molecule has 1 fully saturated rings. The van der Waals surface area contributed by atoms with E-state index >= 15 is 0 Å². The van der Waals surface area contributed by atoms with E-state index in [4.69, 9.17) is 4.74 Å². The molecular weight excluding hydrogens is 352 g/mol. The molecule has 2 heterocycles. The van der Waals surface area contributed by atoms with E-state index in [9.17, 15) is 8.42 Å². The van der Waals surface area contributed by atoms with Crippen LogP contribution in [0, 0.1) is 0 Å². The molecule has 0 atom stereocenters. The molecule has 0 bridgehead atoms. The molecule has 3 N–H and O–H groups in total. The number of pyridine rings is 1. The van der Waals surface area contributed by atoms with Crippen LogP contribution >= 0.6 is 0 Å². The van der Waals surface area contributed by atoms with E-state index < -0.39 is 9.84 Å². The second kappa shape index (κ2) is 6.21. The average Bonchev–Trinajstić information content (AvgIpc) is 3.28. The SMILES string of the molecule is COc1cc(S(C)(=O)=O)ccc1Nc1cc(NC2CC2)c2cc[nH]c2n1. The second-order valence-electron chi connectivity index (χ2n) is 6.47. The van der Waals surface area contributed by atoms with Crippen molar-refractivity contribution in [2.24, 2.45) is 0 Å². The van der Waals surface area contributed by atoms with Crippen molar-refractivity contribution >= 4 is 38.1 Å². The van der Waals surface area contributed by atoms with Crippen LogP contribution in [0.1, 0.15) is 12.8 Å². The van der Waals surface area contributed by atoms with E-state index in [1.165, 1.54) is 32.3 Å². The Kier molecular flexibility index (Phi) is 3.99. The third-order valence-electron chi connectivity index (χ3n) is 4.33. The fourth-order valence-electron chi connectivity index (χ4n) is 2.81. The Bertz CT molecular complexity index is 1070. The van der Waals surface area contributed by atoms with Crippen LogP contribution in [0.2, 0.25) is 0 Å². The van der Waals surface area contributed by atoms with Crippen molar-refractivity contribution in [1.29, 1.82) is 0 Å². The van der Waals surface area contributed by atoms with Crippen LogP contribution < -0.4 is 15.4 Å². The van der Waals surface area contributed by atoms with Gasteiger partial charge in [-0.2, -0.15) is 0 Å². The Hall–Kier alpha value is -2.74. The van der Waals surface area contributed by atoms with Gasteiger partial charge in [0.2, 0.25) is 0 Å². The first-order valence-electron chi connectivity index (χ1n) is 8.34. The molecule has 3 aromatic rings. The summed E-state index contributed by atoms with van der Waals surface area (Å²) in [4.78, 5) is 7.93. The van der Waals surface area contributed by atoms with Crippen molar-refractivity contribution in [1.82, 2.24) is 9.97 Å². The van der Waals surface area contributed by atoms with Gasteiger partial charge in [0.25, 0.3) is 0 Å². The smallest absolute Gasteiger partial charge is 0.175 e. The third kappa shape index (κ3) is 3.32. The fourth-order valence-corrected chi connectivity index (χ4v) is 3.45. The Morgan fingerprint density at radius 1 is 1.19 bits per heavy atom. The summed E-state index contributed by atoms with van der Waals surface area (Å²) >= 11 is 0. The molecule has 8 heteroatoms. The van der Waals surface area contributed by atoms with E-state index in [0.717, 1.165) is 16.7 Å². The number of fused-ring (bicyclic) bond motifs is 1. The van der Waals surface area contributed by atoms with Gasteiger partial charge < -0.3 is 20.4 Å². The van der Waals surface area contributed by atoms with Crippen LogP contribution in [-0.4, -0.2) is 37.8 Å². The van der Waals surface area contributed by atoms with Gasteiger partial charge in [-0.05, 0) is 31.0 Å². The molecule has 26 heavy (non-hydrogen) atoms. The van der Waals surface area contributed by atoms with Crippen molar-refractivity contribution in [3.05, 3.63) is 36.5 Å². The number of H-pyrrole nitrogens is 1. The predicted molar refractivity (Wildman–Crippen MR) is 102 cm³/mol. The van der Waals surface area contributed by atoms with Crippen LogP contribution in [0.3, 0.4) is 0 Å². The van der Waals surface area contributed by atoms with Crippen molar-refractivity contribution < 1.29 is 13.2 Å². The van der Waals surface area contributed by atoms with Crippen molar-refractivity contribution in [2.45, 2.75) is 23.8 Å². The lowest BCUT2D eigenvalue weighted by atomic mass is 10.2. The first-order valence-corrected chi connectivity index (χ1v) is 10.2. The van der Waals surface area contributed by atoms with Gasteiger partial charge in [-0.25, -0.2) is 13.4 Å². The molecule has 0 aliphatic heterocycles. The summed E-state index contributed by atoms with van der Waals surface area (Å²) in [5.74, 6) is 1.09. The number of hydrogen-bond acceptors (Lipinski definition) is 6. The maximum absolute atomic E-state index is 11.7. The van der Waals surface area contributed by atoms with Crippen LogP contribution in [0.5, 0.6) is 5.75 Å². The van der Waals surface area contributed by atoms with Gasteiger partial charge in [-0.3, -0.25) is 0 Å². The quantitative estimate of drug-likeness (QED) is 0.614. The van der Waals surface area contributed by atoms with E-state index in [1.54, 1.807) is 12.1 Å². The highest BCUT2D eigenvalue weighted by molar-refractivity contribution is 7.90. The number of rotatable bonds is 6. The number of nitrogens with one attached hydrogen (secondary N) is 3. The molecule has 1 aliphatic carbocycles. The molecule has 1 aliphatic rings. The van der Waals surface area contributed by atoms with E-state index in [2.05, 4.69) is 20.6 Å². The van der Waals surface area contributed by atoms with Crippen molar-refractivity contribution in [3.8, 4) is 5.75 Å². The number of aromatic amines is 1. The first-order chi connectivity index (χ1) is 12.4. The lowest BCUT2D eigenvalue weighted by Crippen LogP contribution is -2.04. The van der Waals surface area contributed by atoms with E-state index in [-0.39, 0.29) is 4.90 Å². The molecule has 0 spiro atoms. The topological polar surface area (TPSA) is 96.1 Å². The number of sulfone groups is 1. The fraction of sp³-hybridized carbons (Fsp3) is 0.278. The molecule has 1 saturated carbocycles. The molecule has 7 nitrogen and oxygen atoms in total. The predicted octanol–water partition coefficient (Wildman–Crippen LogP) is 3.29. The molecule has 0 amide bonds. The minimum absolute atomic E-state index is 0.212. The zero-order valence-electron chi connectivity index (χ0n) is 14.5. The molecule has 4 rings (SSSR count). The number of anilines is 3. The Morgan fingerprint density at radius 3 is 2.69 bits per heavy atom. The molecule has 0 saturated heterocycles. The summed E-state index contributed by atoms with van der Waals surface area (Å²) in [5.41, 5.74) is 2.45. The summed E-state index contributed by atoms with van der Waals surface area (Å²) in [6.07, 6.45) is 5.39. The molecular formula is C18H20N4O3S. The van der Waals surface area contributed by atoms with E-state index in [1.807, 2.05) is 18.3 Å². The number of benzene rings is 1. The maximum atomic E-state index is 11.7. The monoisotopic (exact) mass is 372 g/mol. The average molecular weight is 372 g/mol. The zero-order chi connectivity index (χ0) is 18.3. The second-order valence-corrected chi connectivity index (χ2v) is 8.49. The van der Waals surface area contributed by atoms with Gasteiger partial charge in [0.05, 0.1) is 17.7 Å². The minimum Gasteiger partial charge on any atom is -0.495 e. The highest BCUT2D eigenvalue weighted by Gasteiger charge is 2.22. The summed E-state index contributed by atoms with van der Waals surface area (Å²) in [7, 11) is -1.79. The first kappa shape index (κ1) is 16.7. The Labute approximate surface area is 151 Å². The largest absolute Gasteiger partial charge is 0.495 e. The molecule has 1 aromatic carbocycles. The normalized spacial score (nSPS) is 14.4. The van der Waals surface area contributed by atoms with Gasteiger partial charge in [0.15, 0.2) is 9.84 Å². The Morgan fingerprint density at radius 2 is 2.00 bits per heavy atom. The molecule has 2 aromatic heterocycles. The zero-order valence-corrected chi connectivity index (χ0v) is 15.4. The van der Waals surface area contributed by atoms with Crippen LogP contribution in [-0.2, 0) is 9.84 Å². The summed E-state index contributed by atoms with van der Waals surface area (Å²) in [6, 6.07) is 9.22. The lowest BCUT2D eigenvalue weighted by Gasteiger charge is -2.14. The number of aromatic nitrogens is 2. The highest BCUT2D eigenvalue weighted by Crippen LogP contribution is 2.34. The third-order valence-corrected chi connectivity index (χ3v) is 5.44. The molecule has 0 unspecified atom stereocenters. The molecule has 136 valence electrons. The van der Waals surface area contributed by atoms with Gasteiger partial charge in [0, 0.05) is 41.7 Å². The summed E-state index contributed by atoms with van der Waals surface area (Å²) in [6.45, 7) is 0. The van der Waals surface area contributed by atoms with Gasteiger partial charge in [-0.15, -0.1) is 0 Å². The summed E-state index contributed by atoms with van der Waals surface area (Å²) in [5, 5.41) is 7.79.